The topological polar surface area (TPSA) is 99.0 Å². The van der Waals surface area contributed by atoms with Crippen LogP contribution in [0.5, 0.6) is 0 Å². The Morgan fingerprint density at radius 3 is 2.75 bits per heavy atom. The molecule has 9 heteroatoms. The van der Waals surface area contributed by atoms with E-state index in [4.69, 9.17) is 4.74 Å². The van der Waals surface area contributed by atoms with Gasteiger partial charge in [0.1, 0.15) is 13.2 Å². The molecular weight excluding hydrogens is 378 g/mol. The summed E-state index contributed by atoms with van der Waals surface area (Å²) in [6, 6.07) is 10.7. The van der Waals surface area contributed by atoms with Crippen molar-refractivity contribution >= 4 is 23.2 Å². The molecule has 3 rings (SSSR count). The molecule has 0 spiro atoms. The first kappa shape index (κ1) is 19.7. The number of carbonyl (C=O) groups excluding carboxylic acids is 2. The van der Waals surface area contributed by atoms with Gasteiger partial charge in [-0.25, -0.2) is 4.79 Å². The van der Waals surface area contributed by atoms with Crippen LogP contribution in [0.1, 0.15) is 30.3 Å². The van der Waals surface area contributed by atoms with Crippen LogP contribution >= 0.6 is 11.3 Å². The number of Topliss-reactive ketones (excluding diaryl/α,β-unsaturated/α-hetero) is 1. The van der Waals surface area contributed by atoms with Gasteiger partial charge in [0.15, 0.2) is 11.6 Å². The summed E-state index contributed by atoms with van der Waals surface area (Å²) < 4.78 is 5.17. The van der Waals surface area contributed by atoms with Gasteiger partial charge < -0.3 is 10.1 Å². The van der Waals surface area contributed by atoms with Gasteiger partial charge in [0.05, 0.1) is 6.04 Å². The van der Waals surface area contributed by atoms with Crippen molar-refractivity contribution in [2.24, 2.45) is 0 Å². The van der Waals surface area contributed by atoms with Crippen LogP contribution in [-0.2, 0) is 29.1 Å². The zero-order valence-electron chi connectivity index (χ0n) is 15.4. The number of alkyl carbamates (subject to hydrolysis) is 1. The first-order valence-corrected chi connectivity index (χ1v) is 9.86. The summed E-state index contributed by atoms with van der Waals surface area (Å²) in [6.45, 7) is 1.90. The number of amides is 1. The van der Waals surface area contributed by atoms with Gasteiger partial charge in [-0.05, 0) is 39.6 Å². The molecule has 1 aromatic carbocycles. The highest BCUT2D eigenvalue weighted by Crippen LogP contribution is 2.09. The minimum Gasteiger partial charge on any atom is -0.445 e. The average molecular weight is 399 g/mol. The van der Waals surface area contributed by atoms with Crippen LogP contribution in [0.25, 0.3) is 0 Å². The van der Waals surface area contributed by atoms with E-state index in [0.29, 0.717) is 18.7 Å². The third-order valence-electron chi connectivity index (χ3n) is 4.04. The van der Waals surface area contributed by atoms with Crippen molar-refractivity contribution in [3.63, 3.8) is 0 Å². The maximum Gasteiger partial charge on any atom is 0.408 e. The Kier molecular flexibility index (Phi) is 6.85. The Morgan fingerprint density at radius 1 is 1.21 bits per heavy atom. The van der Waals surface area contributed by atoms with Gasteiger partial charge in [-0.15, -0.1) is 10.2 Å². The molecule has 0 saturated heterocycles. The molecule has 2 heterocycles. The van der Waals surface area contributed by atoms with Gasteiger partial charge in [-0.1, -0.05) is 37.3 Å². The lowest BCUT2D eigenvalue weighted by Crippen LogP contribution is -2.42. The number of ether oxygens (including phenoxy) is 1. The molecule has 1 atom stereocenters. The Balaban J connectivity index is 1.49. The second-order valence-electron chi connectivity index (χ2n) is 6.18. The van der Waals surface area contributed by atoms with Crippen LogP contribution in [0.4, 0.5) is 4.79 Å². The largest absolute Gasteiger partial charge is 0.445 e. The van der Waals surface area contributed by atoms with Gasteiger partial charge in [-0.2, -0.15) is 16.1 Å². The molecule has 1 unspecified atom stereocenters. The van der Waals surface area contributed by atoms with E-state index >= 15 is 0 Å². The quantitative estimate of drug-likeness (QED) is 0.594. The number of hydrogen-bond donors (Lipinski definition) is 1. The molecule has 0 saturated carbocycles. The van der Waals surface area contributed by atoms with Crippen molar-refractivity contribution < 1.29 is 14.3 Å². The predicted octanol–water partition coefficient (Wildman–Crippen LogP) is 2.60. The third kappa shape index (κ3) is 5.71. The van der Waals surface area contributed by atoms with Crippen molar-refractivity contribution in [3.8, 4) is 0 Å². The van der Waals surface area contributed by atoms with Gasteiger partial charge in [0.25, 0.3) is 0 Å². The molecule has 0 aliphatic heterocycles. The fourth-order valence-electron chi connectivity index (χ4n) is 2.56. The van der Waals surface area contributed by atoms with Crippen molar-refractivity contribution in [3.05, 3.63) is 64.1 Å². The number of nitrogens with zero attached hydrogens (tertiary/aromatic N) is 4. The Labute approximate surface area is 166 Å². The molecule has 3 aromatic rings. The summed E-state index contributed by atoms with van der Waals surface area (Å²) in [5, 5.41) is 18.7. The Morgan fingerprint density at radius 2 is 2.04 bits per heavy atom. The molecule has 0 bridgehead atoms. The van der Waals surface area contributed by atoms with Crippen molar-refractivity contribution in [1.82, 2.24) is 25.5 Å². The molecule has 0 aliphatic carbocycles. The monoisotopic (exact) mass is 399 g/mol. The standard InChI is InChI=1S/C19H21N5O3S/c1-2-16(20-19(26)27-12-14-6-4-3-5-7-14)17(25)11-24-22-18(21-23-24)10-15-8-9-28-13-15/h3-9,13,16H,2,10-12H2,1H3,(H,20,26). The number of nitrogens with one attached hydrogen (secondary N) is 1. The molecule has 8 nitrogen and oxygen atoms in total. The van der Waals surface area contributed by atoms with E-state index in [9.17, 15) is 9.59 Å². The molecule has 146 valence electrons. The number of aromatic nitrogens is 4. The SMILES string of the molecule is CCC(NC(=O)OCc1ccccc1)C(=O)Cn1nnc(Cc2ccsc2)n1. The summed E-state index contributed by atoms with van der Waals surface area (Å²) in [5.41, 5.74) is 1.98. The van der Waals surface area contributed by atoms with Gasteiger partial charge in [-0.3, -0.25) is 4.79 Å². The van der Waals surface area contributed by atoms with E-state index < -0.39 is 12.1 Å². The Bertz CT molecular complexity index is 895. The smallest absolute Gasteiger partial charge is 0.408 e. The number of ketones is 1. The highest BCUT2D eigenvalue weighted by Gasteiger charge is 2.21. The number of thiophene rings is 1. The number of hydrogen-bond acceptors (Lipinski definition) is 7. The van der Waals surface area contributed by atoms with E-state index in [-0.39, 0.29) is 18.9 Å². The van der Waals surface area contributed by atoms with Gasteiger partial charge in [0.2, 0.25) is 0 Å². The van der Waals surface area contributed by atoms with Crippen LogP contribution in [0, 0.1) is 0 Å². The molecule has 0 radical (unpaired) electrons. The van der Waals surface area contributed by atoms with Crippen molar-refractivity contribution in [2.75, 3.05) is 0 Å². The summed E-state index contributed by atoms with van der Waals surface area (Å²) in [5.74, 6) is 0.341. The zero-order chi connectivity index (χ0) is 19.8. The van der Waals surface area contributed by atoms with Crippen molar-refractivity contribution in [1.29, 1.82) is 0 Å². The fraction of sp³-hybridized carbons (Fsp3) is 0.316. The summed E-state index contributed by atoms with van der Waals surface area (Å²) in [7, 11) is 0. The molecule has 28 heavy (non-hydrogen) atoms. The number of carbonyl (C=O) groups is 2. The highest BCUT2D eigenvalue weighted by atomic mass is 32.1. The third-order valence-corrected chi connectivity index (χ3v) is 4.77. The van der Waals surface area contributed by atoms with E-state index in [2.05, 4.69) is 20.7 Å². The molecule has 2 aromatic heterocycles. The minimum absolute atomic E-state index is 0.0614. The lowest BCUT2D eigenvalue weighted by atomic mass is 10.1. The highest BCUT2D eigenvalue weighted by molar-refractivity contribution is 7.07. The van der Waals surface area contributed by atoms with Crippen LogP contribution in [-0.4, -0.2) is 38.1 Å². The molecule has 1 amide bonds. The lowest BCUT2D eigenvalue weighted by Gasteiger charge is -2.15. The second kappa shape index (κ2) is 9.75. The molecule has 0 fully saturated rings. The zero-order valence-corrected chi connectivity index (χ0v) is 16.3. The van der Waals surface area contributed by atoms with Crippen LogP contribution in [0.15, 0.2) is 47.2 Å². The predicted molar refractivity (Wildman–Crippen MR) is 104 cm³/mol. The maximum absolute atomic E-state index is 12.5. The summed E-state index contributed by atoms with van der Waals surface area (Å²) in [4.78, 5) is 25.7. The number of benzene rings is 1. The summed E-state index contributed by atoms with van der Waals surface area (Å²) >= 11 is 1.60. The first-order chi connectivity index (χ1) is 13.6. The average Bonchev–Trinajstić information content (AvgIpc) is 3.37. The fourth-order valence-corrected chi connectivity index (χ4v) is 3.23. The minimum atomic E-state index is -0.672. The van der Waals surface area contributed by atoms with Crippen LogP contribution in [0.3, 0.4) is 0 Å². The number of rotatable bonds is 9. The molecule has 1 N–H and O–H groups in total. The lowest BCUT2D eigenvalue weighted by molar-refractivity contribution is -0.122. The van der Waals surface area contributed by atoms with Crippen molar-refractivity contribution in [2.45, 2.75) is 39.0 Å². The van der Waals surface area contributed by atoms with E-state index in [1.165, 1.54) is 4.80 Å². The van der Waals surface area contributed by atoms with E-state index in [1.54, 1.807) is 11.3 Å². The molecule has 0 aliphatic rings. The normalized spacial score (nSPS) is 11.8. The Hall–Kier alpha value is -3.07. The van der Waals surface area contributed by atoms with Crippen LogP contribution in [0.2, 0.25) is 0 Å². The van der Waals surface area contributed by atoms with Crippen LogP contribution < -0.4 is 5.32 Å². The summed E-state index contributed by atoms with van der Waals surface area (Å²) in [6.07, 6.45) is 0.378. The molecular formula is C19H21N5O3S. The van der Waals surface area contributed by atoms with Gasteiger partial charge >= 0.3 is 6.09 Å². The van der Waals surface area contributed by atoms with Gasteiger partial charge in [0, 0.05) is 6.42 Å². The maximum atomic E-state index is 12.5. The first-order valence-electron chi connectivity index (χ1n) is 8.91. The number of tetrazole rings is 1. The second-order valence-corrected chi connectivity index (χ2v) is 6.96. The van der Waals surface area contributed by atoms with E-state index in [0.717, 1.165) is 11.1 Å². The van der Waals surface area contributed by atoms with E-state index in [1.807, 2.05) is 54.1 Å².